The summed E-state index contributed by atoms with van der Waals surface area (Å²) in [5.41, 5.74) is 0.950. The minimum absolute atomic E-state index is 0.293. The number of pyridine rings is 1. The molecule has 1 heterocycles. The van der Waals surface area contributed by atoms with Crippen molar-refractivity contribution < 1.29 is 9.18 Å². The molecule has 20 heavy (non-hydrogen) atoms. The molecule has 0 saturated carbocycles. The molecule has 0 bridgehead atoms. The normalized spacial score (nSPS) is 10.2. The van der Waals surface area contributed by atoms with Crippen LogP contribution in [0.1, 0.15) is 17.3 Å². The predicted octanol–water partition coefficient (Wildman–Crippen LogP) is 3.67. The topological polar surface area (TPSA) is 54.0 Å². The number of halogens is 2. The van der Waals surface area contributed by atoms with E-state index in [2.05, 4.69) is 31.5 Å². The van der Waals surface area contributed by atoms with Crippen molar-refractivity contribution in [3.63, 3.8) is 0 Å². The van der Waals surface area contributed by atoms with E-state index in [1.54, 1.807) is 12.1 Å². The van der Waals surface area contributed by atoms with Crippen molar-refractivity contribution in [1.82, 2.24) is 4.98 Å². The van der Waals surface area contributed by atoms with Gasteiger partial charge in [0.1, 0.15) is 11.6 Å². The zero-order valence-corrected chi connectivity index (χ0v) is 12.4. The van der Waals surface area contributed by atoms with Crippen molar-refractivity contribution in [2.45, 2.75) is 6.92 Å². The number of benzene rings is 1. The minimum atomic E-state index is -0.375. The van der Waals surface area contributed by atoms with Gasteiger partial charge in [0.2, 0.25) is 0 Å². The molecule has 0 atom stereocenters. The van der Waals surface area contributed by atoms with Crippen LogP contribution in [0, 0.1) is 5.82 Å². The van der Waals surface area contributed by atoms with Gasteiger partial charge in [-0.3, -0.25) is 4.79 Å². The smallest absolute Gasteiger partial charge is 0.257 e. The Morgan fingerprint density at radius 3 is 2.75 bits per heavy atom. The highest BCUT2D eigenvalue weighted by Crippen LogP contribution is 2.20. The maximum atomic E-state index is 13.1. The van der Waals surface area contributed by atoms with Gasteiger partial charge in [0.15, 0.2) is 0 Å². The second-order valence-corrected chi connectivity index (χ2v) is 4.90. The van der Waals surface area contributed by atoms with Gasteiger partial charge >= 0.3 is 0 Å². The lowest BCUT2D eigenvalue weighted by Gasteiger charge is -2.07. The molecule has 2 N–H and O–H groups in total. The molecule has 0 saturated heterocycles. The van der Waals surface area contributed by atoms with Gasteiger partial charge in [-0.2, -0.15) is 0 Å². The quantitative estimate of drug-likeness (QED) is 0.894. The van der Waals surface area contributed by atoms with Gasteiger partial charge in [-0.15, -0.1) is 0 Å². The van der Waals surface area contributed by atoms with Crippen LogP contribution in [0.5, 0.6) is 0 Å². The van der Waals surface area contributed by atoms with Crippen LogP contribution < -0.4 is 10.6 Å². The first kappa shape index (κ1) is 14.5. The highest BCUT2D eigenvalue weighted by atomic mass is 79.9. The van der Waals surface area contributed by atoms with Gasteiger partial charge in [-0.05, 0) is 53.2 Å². The van der Waals surface area contributed by atoms with Crippen LogP contribution in [-0.4, -0.2) is 17.4 Å². The van der Waals surface area contributed by atoms with E-state index in [9.17, 15) is 9.18 Å². The Bertz CT molecular complexity index is 616. The number of anilines is 2. The zero-order chi connectivity index (χ0) is 14.5. The molecule has 1 aromatic heterocycles. The lowest BCUT2D eigenvalue weighted by molar-refractivity contribution is 0.102. The van der Waals surface area contributed by atoms with Gasteiger partial charge in [-0.25, -0.2) is 9.37 Å². The summed E-state index contributed by atoms with van der Waals surface area (Å²) in [7, 11) is 0. The van der Waals surface area contributed by atoms with Crippen molar-refractivity contribution in [1.29, 1.82) is 0 Å². The van der Waals surface area contributed by atoms with Gasteiger partial charge in [-0.1, -0.05) is 0 Å². The van der Waals surface area contributed by atoms with Gasteiger partial charge < -0.3 is 10.6 Å². The van der Waals surface area contributed by atoms with E-state index < -0.39 is 0 Å². The van der Waals surface area contributed by atoms with Gasteiger partial charge in [0.25, 0.3) is 5.91 Å². The molecule has 2 rings (SSSR count). The molecular formula is C14H13BrFN3O. The van der Waals surface area contributed by atoms with Crippen LogP contribution in [0.2, 0.25) is 0 Å². The number of hydrogen-bond acceptors (Lipinski definition) is 3. The molecule has 0 radical (unpaired) electrons. The summed E-state index contributed by atoms with van der Waals surface area (Å²) >= 11 is 3.07. The molecule has 2 aromatic rings. The number of aromatic nitrogens is 1. The van der Waals surface area contributed by atoms with Crippen molar-refractivity contribution >= 4 is 33.3 Å². The first-order valence-corrected chi connectivity index (χ1v) is 6.85. The van der Waals surface area contributed by atoms with E-state index in [0.717, 1.165) is 6.54 Å². The second-order valence-electron chi connectivity index (χ2n) is 4.05. The number of carbonyl (C=O) groups is 1. The van der Waals surface area contributed by atoms with Crippen molar-refractivity contribution in [2.75, 3.05) is 17.2 Å². The molecule has 6 heteroatoms. The Morgan fingerprint density at radius 2 is 2.15 bits per heavy atom. The van der Waals surface area contributed by atoms with E-state index in [4.69, 9.17) is 0 Å². The van der Waals surface area contributed by atoms with E-state index >= 15 is 0 Å². The van der Waals surface area contributed by atoms with Crippen LogP contribution in [0.25, 0.3) is 0 Å². The Balaban J connectivity index is 2.09. The summed E-state index contributed by atoms with van der Waals surface area (Å²) in [5, 5.41) is 5.73. The first-order valence-electron chi connectivity index (χ1n) is 6.06. The summed E-state index contributed by atoms with van der Waals surface area (Å²) in [6.07, 6.45) is 1.49. The average Bonchev–Trinajstić information content (AvgIpc) is 2.44. The van der Waals surface area contributed by atoms with Crippen LogP contribution >= 0.6 is 15.9 Å². The average molecular weight is 338 g/mol. The van der Waals surface area contributed by atoms with E-state index in [1.807, 2.05) is 6.92 Å². The molecule has 0 unspecified atom stereocenters. The monoisotopic (exact) mass is 337 g/mol. The largest absolute Gasteiger partial charge is 0.370 e. The number of rotatable bonds is 4. The second kappa shape index (κ2) is 6.47. The Labute approximate surface area is 124 Å². The predicted molar refractivity (Wildman–Crippen MR) is 80.5 cm³/mol. The van der Waals surface area contributed by atoms with E-state index in [0.29, 0.717) is 21.5 Å². The summed E-state index contributed by atoms with van der Waals surface area (Å²) < 4.78 is 13.4. The zero-order valence-electron chi connectivity index (χ0n) is 10.8. The van der Waals surface area contributed by atoms with Gasteiger partial charge in [0.05, 0.1) is 10.0 Å². The fraction of sp³-hybridized carbons (Fsp3) is 0.143. The fourth-order valence-electron chi connectivity index (χ4n) is 1.59. The maximum Gasteiger partial charge on any atom is 0.257 e. The molecule has 0 spiro atoms. The third kappa shape index (κ3) is 3.54. The van der Waals surface area contributed by atoms with Gasteiger partial charge in [0, 0.05) is 18.4 Å². The standard InChI is InChI=1S/C14H13BrFN3O/c1-2-17-13-6-3-9(8-18-13)14(20)19-10-4-5-12(16)11(15)7-10/h3-8H,2H2,1H3,(H,17,18)(H,19,20). The first-order chi connectivity index (χ1) is 9.60. The highest BCUT2D eigenvalue weighted by Gasteiger charge is 2.08. The number of nitrogens with zero attached hydrogens (tertiary/aromatic N) is 1. The number of hydrogen-bond donors (Lipinski definition) is 2. The SMILES string of the molecule is CCNc1ccc(C(=O)Nc2ccc(F)c(Br)c2)cn1. The molecule has 0 aliphatic heterocycles. The Hall–Kier alpha value is -1.95. The van der Waals surface area contributed by atoms with Crippen molar-refractivity contribution in [3.8, 4) is 0 Å². The third-order valence-corrected chi connectivity index (χ3v) is 3.17. The van der Waals surface area contributed by atoms with Crippen LogP contribution in [0.4, 0.5) is 15.9 Å². The third-order valence-electron chi connectivity index (χ3n) is 2.56. The fourth-order valence-corrected chi connectivity index (χ4v) is 1.97. The van der Waals surface area contributed by atoms with Crippen LogP contribution in [0.15, 0.2) is 41.0 Å². The molecule has 0 aliphatic rings. The Kier molecular flexibility index (Phi) is 4.68. The molecule has 1 aromatic carbocycles. The van der Waals surface area contributed by atoms with Crippen LogP contribution in [-0.2, 0) is 0 Å². The number of carbonyl (C=O) groups excluding carboxylic acids is 1. The van der Waals surface area contributed by atoms with Crippen LogP contribution in [0.3, 0.4) is 0 Å². The van der Waals surface area contributed by atoms with Crippen molar-refractivity contribution in [3.05, 3.63) is 52.4 Å². The molecule has 4 nitrogen and oxygen atoms in total. The number of amides is 1. The van der Waals surface area contributed by atoms with E-state index in [-0.39, 0.29) is 11.7 Å². The lowest BCUT2D eigenvalue weighted by Crippen LogP contribution is -2.12. The summed E-state index contributed by atoms with van der Waals surface area (Å²) in [6.45, 7) is 2.73. The highest BCUT2D eigenvalue weighted by molar-refractivity contribution is 9.10. The molecule has 104 valence electrons. The lowest BCUT2D eigenvalue weighted by atomic mass is 10.2. The van der Waals surface area contributed by atoms with Crippen molar-refractivity contribution in [2.24, 2.45) is 0 Å². The number of nitrogens with one attached hydrogen (secondary N) is 2. The maximum absolute atomic E-state index is 13.1. The summed E-state index contributed by atoms with van der Waals surface area (Å²) in [6, 6.07) is 7.70. The summed E-state index contributed by atoms with van der Waals surface area (Å²) in [4.78, 5) is 16.1. The summed E-state index contributed by atoms with van der Waals surface area (Å²) in [5.74, 6) is 0.0484. The Morgan fingerprint density at radius 1 is 1.35 bits per heavy atom. The molecule has 0 aliphatic carbocycles. The molecular weight excluding hydrogens is 325 g/mol. The van der Waals surface area contributed by atoms with E-state index in [1.165, 1.54) is 24.4 Å². The minimum Gasteiger partial charge on any atom is -0.370 e. The molecule has 0 fully saturated rings. The molecule has 1 amide bonds.